The first-order chi connectivity index (χ1) is 11.0. The maximum atomic E-state index is 13.4. The summed E-state index contributed by atoms with van der Waals surface area (Å²) in [6.07, 6.45) is 1.72. The van der Waals surface area contributed by atoms with Gasteiger partial charge < -0.3 is 0 Å². The molecule has 1 atom stereocenters. The van der Waals surface area contributed by atoms with E-state index in [0.717, 1.165) is 11.1 Å². The number of benzene rings is 2. The molecule has 1 unspecified atom stereocenters. The van der Waals surface area contributed by atoms with E-state index in [4.69, 9.17) is 0 Å². The van der Waals surface area contributed by atoms with E-state index in [2.05, 4.69) is 4.90 Å². The van der Waals surface area contributed by atoms with Crippen molar-refractivity contribution < 1.29 is 12.8 Å². The molecule has 0 aliphatic carbocycles. The van der Waals surface area contributed by atoms with Crippen LogP contribution in [-0.4, -0.2) is 25.1 Å². The van der Waals surface area contributed by atoms with Gasteiger partial charge in [-0.2, -0.15) is 0 Å². The number of halogens is 1. The van der Waals surface area contributed by atoms with Crippen molar-refractivity contribution in [1.82, 2.24) is 4.90 Å². The summed E-state index contributed by atoms with van der Waals surface area (Å²) in [5.74, 6) is -0.202. The predicted octanol–water partition coefficient (Wildman–Crippen LogP) is 3.14. The van der Waals surface area contributed by atoms with Crippen LogP contribution in [-0.2, 0) is 22.9 Å². The van der Waals surface area contributed by atoms with Crippen molar-refractivity contribution in [2.45, 2.75) is 19.1 Å². The third kappa shape index (κ3) is 4.27. The summed E-state index contributed by atoms with van der Waals surface area (Å²) >= 11 is 0. The van der Waals surface area contributed by atoms with Crippen molar-refractivity contribution in [3.8, 4) is 0 Å². The molecule has 0 radical (unpaired) electrons. The minimum absolute atomic E-state index is 0.0785. The molecule has 1 aliphatic heterocycles. The van der Waals surface area contributed by atoms with Gasteiger partial charge in [0.2, 0.25) is 0 Å². The van der Waals surface area contributed by atoms with E-state index in [1.54, 1.807) is 12.1 Å². The normalized spacial score (nSPS) is 19.3. The molecule has 1 heterocycles. The van der Waals surface area contributed by atoms with E-state index in [1.165, 1.54) is 17.5 Å². The van der Waals surface area contributed by atoms with Crippen molar-refractivity contribution in [3.05, 3.63) is 83.0 Å². The molecule has 0 amide bonds. The lowest BCUT2D eigenvalue weighted by atomic mass is 10.1. The first kappa shape index (κ1) is 15.9. The fourth-order valence-corrected chi connectivity index (χ4v) is 4.09. The molecule has 0 N–H and O–H groups in total. The van der Waals surface area contributed by atoms with Crippen molar-refractivity contribution in [3.63, 3.8) is 0 Å². The highest BCUT2D eigenvalue weighted by atomic mass is 32.2. The molecule has 0 saturated heterocycles. The zero-order valence-corrected chi connectivity index (χ0v) is 13.4. The van der Waals surface area contributed by atoms with Gasteiger partial charge in [0.05, 0.1) is 5.75 Å². The maximum Gasteiger partial charge on any atom is 0.173 e. The number of hydrogen-bond acceptors (Lipinski definition) is 3. The highest BCUT2D eigenvalue weighted by Crippen LogP contribution is 2.20. The van der Waals surface area contributed by atoms with Gasteiger partial charge in [-0.1, -0.05) is 48.5 Å². The van der Waals surface area contributed by atoms with Crippen LogP contribution in [0.2, 0.25) is 0 Å². The third-order valence-corrected chi connectivity index (χ3v) is 5.26. The molecule has 2 aromatic carbocycles. The van der Waals surface area contributed by atoms with Crippen molar-refractivity contribution in [1.29, 1.82) is 0 Å². The van der Waals surface area contributed by atoms with Crippen LogP contribution in [0.1, 0.15) is 11.1 Å². The van der Waals surface area contributed by atoms with E-state index in [0.29, 0.717) is 13.1 Å². The summed E-state index contributed by atoms with van der Waals surface area (Å²) < 4.78 is 36.9. The average Bonchev–Trinajstić information content (AvgIpc) is 2.88. The molecule has 5 heteroatoms. The van der Waals surface area contributed by atoms with Gasteiger partial charge in [0.1, 0.15) is 5.82 Å². The van der Waals surface area contributed by atoms with E-state index in [9.17, 15) is 12.8 Å². The largest absolute Gasteiger partial charge is 0.287 e. The van der Waals surface area contributed by atoms with E-state index in [1.807, 2.05) is 36.4 Å². The fourth-order valence-electron chi connectivity index (χ4n) is 2.76. The number of sulfone groups is 1. The summed E-state index contributed by atoms with van der Waals surface area (Å²) in [6.45, 7) is 1.11. The average molecular weight is 331 g/mol. The Labute approximate surface area is 136 Å². The monoisotopic (exact) mass is 331 g/mol. The molecular formula is C18H18FNO2S. The van der Waals surface area contributed by atoms with E-state index < -0.39 is 9.84 Å². The van der Waals surface area contributed by atoms with E-state index >= 15 is 0 Å². The van der Waals surface area contributed by atoms with Gasteiger partial charge >= 0.3 is 0 Å². The van der Waals surface area contributed by atoms with Gasteiger partial charge in [0.15, 0.2) is 9.84 Å². The molecule has 0 bridgehead atoms. The predicted molar refractivity (Wildman–Crippen MR) is 88.8 cm³/mol. The van der Waals surface area contributed by atoms with Crippen LogP contribution in [0.5, 0.6) is 0 Å². The van der Waals surface area contributed by atoms with Crippen LogP contribution < -0.4 is 0 Å². The Hall–Kier alpha value is -1.98. The molecule has 2 aromatic rings. The Kier molecular flexibility index (Phi) is 4.59. The molecule has 0 fully saturated rings. The van der Waals surface area contributed by atoms with Gasteiger partial charge in [-0.15, -0.1) is 0 Å². The second-order valence-electron chi connectivity index (χ2n) is 5.75. The van der Waals surface area contributed by atoms with Crippen LogP contribution in [0.15, 0.2) is 66.1 Å². The summed E-state index contributed by atoms with van der Waals surface area (Å²) in [7, 11) is -3.13. The summed E-state index contributed by atoms with van der Waals surface area (Å²) in [4.78, 5) is 2.06. The second kappa shape index (κ2) is 6.64. The first-order valence-electron chi connectivity index (χ1n) is 7.45. The van der Waals surface area contributed by atoms with Crippen LogP contribution >= 0.6 is 0 Å². The molecule has 0 saturated carbocycles. The Bertz CT molecular complexity index is 803. The Balaban J connectivity index is 1.83. The maximum absolute atomic E-state index is 13.4. The third-order valence-electron chi connectivity index (χ3n) is 3.88. The molecule has 3 rings (SSSR count). The van der Waals surface area contributed by atoms with Gasteiger partial charge in [-0.25, -0.2) is 12.8 Å². The highest BCUT2D eigenvalue weighted by molar-refractivity contribution is 7.94. The quantitative estimate of drug-likeness (QED) is 0.845. The van der Waals surface area contributed by atoms with Crippen LogP contribution in [0.25, 0.3) is 0 Å². The van der Waals surface area contributed by atoms with Gasteiger partial charge in [0, 0.05) is 24.5 Å². The van der Waals surface area contributed by atoms with Crippen molar-refractivity contribution in [2.75, 3.05) is 5.75 Å². The number of rotatable bonds is 5. The lowest BCUT2D eigenvalue weighted by Crippen LogP contribution is -2.35. The Morgan fingerprint density at radius 3 is 2.35 bits per heavy atom. The summed E-state index contributed by atoms with van der Waals surface area (Å²) in [5, 5.41) is 1.28. The molecule has 3 nitrogen and oxygen atoms in total. The standard InChI is InChI=1S/C18H18FNO2S/c19-17-8-4-7-16(11-17)13-20(12-15-5-2-1-3-6-15)18-9-10-23(21,22)14-18/h1-11,18H,12-14H2. The molecular weight excluding hydrogens is 313 g/mol. The minimum atomic E-state index is -3.13. The lowest BCUT2D eigenvalue weighted by molar-refractivity contribution is 0.226. The lowest BCUT2D eigenvalue weighted by Gasteiger charge is -2.27. The van der Waals surface area contributed by atoms with Gasteiger partial charge in [0.25, 0.3) is 0 Å². The molecule has 0 aromatic heterocycles. The SMILES string of the molecule is O=S1(=O)C=CC(N(Cc2ccccc2)Cc2cccc(F)c2)C1. The number of hydrogen-bond donors (Lipinski definition) is 0. The second-order valence-corrected chi connectivity index (χ2v) is 7.68. The topological polar surface area (TPSA) is 37.4 Å². The Morgan fingerprint density at radius 2 is 1.70 bits per heavy atom. The summed E-state index contributed by atoms with van der Waals surface area (Å²) in [6, 6.07) is 16.1. The molecule has 120 valence electrons. The summed E-state index contributed by atoms with van der Waals surface area (Å²) in [5.41, 5.74) is 1.93. The molecule has 0 spiro atoms. The molecule has 1 aliphatic rings. The zero-order chi connectivity index (χ0) is 16.3. The van der Waals surface area contributed by atoms with Crippen molar-refractivity contribution in [2.24, 2.45) is 0 Å². The van der Waals surface area contributed by atoms with Crippen molar-refractivity contribution >= 4 is 9.84 Å². The smallest absolute Gasteiger partial charge is 0.173 e. The van der Waals surface area contributed by atoms with Gasteiger partial charge in [-0.3, -0.25) is 4.90 Å². The van der Waals surface area contributed by atoms with Crippen LogP contribution in [0.3, 0.4) is 0 Å². The Morgan fingerprint density at radius 1 is 1.00 bits per heavy atom. The fraction of sp³-hybridized carbons (Fsp3) is 0.222. The van der Waals surface area contributed by atoms with Crippen LogP contribution in [0.4, 0.5) is 4.39 Å². The number of nitrogens with zero attached hydrogens (tertiary/aromatic N) is 1. The highest BCUT2D eigenvalue weighted by Gasteiger charge is 2.27. The van der Waals surface area contributed by atoms with E-state index in [-0.39, 0.29) is 17.6 Å². The molecule has 23 heavy (non-hydrogen) atoms. The minimum Gasteiger partial charge on any atom is -0.287 e. The van der Waals surface area contributed by atoms with Crippen LogP contribution in [0, 0.1) is 5.82 Å². The first-order valence-corrected chi connectivity index (χ1v) is 9.17. The van der Waals surface area contributed by atoms with Gasteiger partial charge in [-0.05, 0) is 23.3 Å². The zero-order valence-electron chi connectivity index (χ0n) is 12.6.